The van der Waals surface area contributed by atoms with Crippen LogP contribution in [0.5, 0.6) is 0 Å². The average Bonchev–Trinajstić information content (AvgIpc) is 2.97. The summed E-state index contributed by atoms with van der Waals surface area (Å²) in [6, 6.07) is 14.3. The van der Waals surface area contributed by atoms with Gasteiger partial charge in [-0.1, -0.05) is 30.3 Å². The number of aryl methyl sites for hydroxylation is 1. The molecule has 0 spiro atoms. The van der Waals surface area contributed by atoms with Crippen molar-refractivity contribution in [2.24, 2.45) is 4.99 Å². The van der Waals surface area contributed by atoms with E-state index >= 15 is 0 Å². The summed E-state index contributed by atoms with van der Waals surface area (Å²) in [7, 11) is -3.34. The van der Waals surface area contributed by atoms with Crippen molar-refractivity contribution in [3.63, 3.8) is 0 Å². The van der Waals surface area contributed by atoms with E-state index in [1.54, 1.807) is 12.1 Å². The first-order valence-corrected chi connectivity index (χ1v) is 10.0. The largest absolute Gasteiger partial charge is 0.460 e. The molecule has 0 fully saturated rings. The number of fused-ring (bicyclic) bond motifs is 2. The molecule has 0 bridgehead atoms. The molecular formula is C18H19N3O3S. The van der Waals surface area contributed by atoms with Gasteiger partial charge in [-0.15, -0.1) is 0 Å². The summed E-state index contributed by atoms with van der Waals surface area (Å²) in [6.07, 6.45) is 3.13. The predicted molar refractivity (Wildman–Crippen MR) is 98.3 cm³/mol. The minimum Gasteiger partial charge on any atom is -0.460 e. The van der Waals surface area contributed by atoms with Gasteiger partial charge < -0.3 is 10.1 Å². The number of hydrogen-bond donors (Lipinski definition) is 2. The van der Waals surface area contributed by atoms with Gasteiger partial charge in [-0.25, -0.2) is 13.4 Å². The lowest BCUT2D eigenvalue weighted by Gasteiger charge is -2.24. The zero-order chi connectivity index (χ0) is 17.4. The van der Waals surface area contributed by atoms with Gasteiger partial charge in [-0.05, 0) is 36.1 Å². The summed E-state index contributed by atoms with van der Waals surface area (Å²) < 4.78 is 31.3. The third-order valence-corrected chi connectivity index (χ3v) is 5.03. The van der Waals surface area contributed by atoms with E-state index in [-0.39, 0.29) is 12.6 Å². The number of nitrogens with one attached hydrogen (secondary N) is 2. The van der Waals surface area contributed by atoms with Gasteiger partial charge in [0.25, 0.3) is 6.02 Å². The van der Waals surface area contributed by atoms with Gasteiger partial charge in [0.1, 0.15) is 6.61 Å². The lowest BCUT2D eigenvalue weighted by atomic mass is 10.1. The van der Waals surface area contributed by atoms with E-state index in [0.29, 0.717) is 11.7 Å². The van der Waals surface area contributed by atoms with Gasteiger partial charge >= 0.3 is 0 Å². The number of benzene rings is 2. The Balaban J connectivity index is 1.59. The Morgan fingerprint density at radius 2 is 2.04 bits per heavy atom. The normalized spacial score (nSPS) is 20.4. The molecule has 1 atom stereocenters. The third kappa shape index (κ3) is 3.32. The van der Waals surface area contributed by atoms with Crippen LogP contribution in [0.1, 0.15) is 29.2 Å². The van der Waals surface area contributed by atoms with E-state index in [1.165, 1.54) is 11.1 Å². The van der Waals surface area contributed by atoms with Crippen LogP contribution in [0.25, 0.3) is 0 Å². The number of anilines is 2. The van der Waals surface area contributed by atoms with Crippen LogP contribution < -0.4 is 10.0 Å². The molecule has 25 heavy (non-hydrogen) atoms. The fraction of sp³-hybridized carbons (Fsp3) is 0.278. The van der Waals surface area contributed by atoms with E-state index in [1.807, 2.05) is 12.1 Å². The summed E-state index contributed by atoms with van der Waals surface area (Å²) in [5.41, 5.74) is 4.70. The van der Waals surface area contributed by atoms with Crippen LogP contribution in [0, 0.1) is 0 Å². The summed E-state index contributed by atoms with van der Waals surface area (Å²) in [5, 5.41) is 3.17. The van der Waals surface area contributed by atoms with Crippen LogP contribution in [0.15, 0.2) is 47.5 Å². The molecule has 1 aliphatic carbocycles. The molecular weight excluding hydrogens is 338 g/mol. The molecule has 1 aliphatic heterocycles. The summed E-state index contributed by atoms with van der Waals surface area (Å²) in [4.78, 5) is 4.72. The van der Waals surface area contributed by atoms with Crippen LogP contribution in [0.3, 0.4) is 0 Å². The molecule has 1 unspecified atom stereocenters. The van der Waals surface area contributed by atoms with E-state index in [2.05, 4.69) is 28.2 Å². The van der Waals surface area contributed by atoms with E-state index in [0.717, 1.165) is 30.3 Å². The van der Waals surface area contributed by atoms with Crippen molar-refractivity contribution >= 4 is 27.4 Å². The molecule has 6 nitrogen and oxygen atoms in total. The number of rotatable bonds is 3. The Hall–Kier alpha value is -2.54. The standard InChI is InChI=1S/C18H19N3O3S/c1-25(22,23)21-17-8-4-7-15-14(17)11-24-18(19-15)20-16-10-9-12-5-2-3-6-13(12)16/h2-8,16,21H,9-11H2,1H3,(H,19,20). The molecule has 2 aromatic carbocycles. The number of ether oxygens (including phenoxy) is 1. The molecule has 2 aliphatic rings. The van der Waals surface area contributed by atoms with Crippen molar-refractivity contribution in [1.29, 1.82) is 0 Å². The van der Waals surface area contributed by atoms with Gasteiger partial charge in [-0.3, -0.25) is 4.72 Å². The van der Waals surface area contributed by atoms with Crippen LogP contribution in [-0.2, 0) is 27.8 Å². The highest BCUT2D eigenvalue weighted by atomic mass is 32.2. The van der Waals surface area contributed by atoms with Crippen LogP contribution >= 0.6 is 0 Å². The summed E-state index contributed by atoms with van der Waals surface area (Å²) in [6.45, 7) is 0.272. The molecule has 1 heterocycles. The molecule has 0 radical (unpaired) electrons. The molecule has 7 heteroatoms. The molecule has 4 rings (SSSR count). The molecule has 0 saturated heterocycles. The predicted octanol–water partition coefficient (Wildman–Crippen LogP) is 3.04. The zero-order valence-electron chi connectivity index (χ0n) is 13.8. The van der Waals surface area contributed by atoms with Gasteiger partial charge in [0.15, 0.2) is 0 Å². The fourth-order valence-electron chi connectivity index (χ4n) is 3.33. The van der Waals surface area contributed by atoms with Gasteiger partial charge in [0.05, 0.1) is 23.7 Å². The van der Waals surface area contributed by atoms with Crippen molar-refractivity contribution in [3.05, 3.63) is 59.2 Å². The SMILES string of the molecule is CS(=O)(=O)Nc1cccc2c1COC(=NC1CCc3ccccc31)N2. The number of nitrogens with zero attached hydrogens (tertiary/aromatic N) is 1. The second kappa shape index (κ2) is 6.07. The maximum Gasteiger partial charge on any atom is 0.290 e. The Labute approximate surface area is 147 Å². The Kier molecular flexibility index (Phi) is 3.88. The number of aliphatic imine (C=N–C) groups is 1. The average molecular weight is 357 g/mol. The van der Waals surface area contributed by atoms with E-state index < -0.39 is 10.0 Å². The maximum absolute atomic E-state index is 11.5. The van der Waals surface area contributed by atoms with Gasteiger partial charge in [0, 0.05) is 5.56 Å². The smallest absolute Gasteiger partial charge is 0.290 e. The van der Waals surface area contributed by atoms with Crippen molar-refractivity contribution in [1.82, 2.24) is 0 Å². The molecule has 2 aromatic rings. The van der Waals surface area contributed by atoms with E-state index in [9.17, 15) is 8.42 Å². The van der Waals surface area contributed by atoms with Crippen molar-refractivity contribution in [2.45, 2.75) is 25.5 Å². The first-order valence-electron chi connectivity index (χ1n) is 8.15. The van der Waals surface area contributed by atoms with Crippen molar-refractivity contribution in [3.8, 4) is 0 Å². The third-order valence-electron chi connectivity index (χ3n) is 4.44. The zero-order valence-corrected chi connectivity index (χ0v) is 14.6. The summed E-state index contributed by atoms with van der Waals surface area (Å²) >= 11 is 0. The quantitative estimate of drug-likeness (QED) is 0.885. The lowest BCUT2D eigenvalue weighted by molar-refractivity contribution is 0.283. The monoisotopic (exact) mass is 357 g/mol. The highest BCUT2D eigenvalue weighted by Crippen LogP contribution is 2.35. The van der Waals surface area contributed by atoms with Crippen LogP contribution in [-0.4, -0.2) is 20.7 Å². The highest BCUT2D eigenvalue weighted by molar-refractivity contribution is 7.92. The minimum absolute atomic E-state index is 0.0950. The second-order valence-corrected chi connectivity index (χ2v) is 8.06. The number of sulfonamides is 1. The Morgan fingerprint density at radius 1 is 1.20 bits per heavy atom. The number of hydrogen-bond acceptors (Lipinski definition) is 4. The first kappa shape index (κ1) is 16.0. The second-order valence-electron chi connectivity index (χ2n) is 6.31. The fourth-order valence-corrected chi connectivity index (χ4v) is 3.92. The lowest BCUT2D eigenvalue weighted by Crippen LogP contribution is -2.24. The maximum atomic E-state index is 11.5. The molecule has 2 N–H and O–H groups in total. The van der Waals surface area contributed by atoms with Crippen LogP contribution in [0.2, 0.25) is 0 Å². The molecule has 0 aromatic heterocycles. The van der Waals surface area contributed by atoms with Gasteiger partial charge in [-0.2, -0.15) is 0 Å². The summed E-state index contributed by atoms with van der Waals surface area (Å²) in [5.74, 6) is 0. The number of amidine groups is 1. The van der Waals surface area contributed by atoms with Crippen molar-refractivity contribution in [2.75, 3.05) is 16.3 Å². The molecule has 130 valence electrons. The Morgan fingerprint density at radius 3 is 2.88 bits per heavy atom. The van der Waals surface area contributed by atoms with E-state index in [4.69, 9.17) is 9.73 Å². The van der Waals surface area contributed by atoms with Gasteiger partial charge in [0.2, 0.25) is 10.0 Å². The van der Waals surface area contributed by atoms with Crippen molar-refractivity contribution < 1.29 is 13.2 Å². The van der Waals surface area contributed by atoms with Crippen LogP contribution in [0.4, 0.5) is 11.4 Å². The highest BCUT2D eigenvalue weighted by Gasteiger charge is 2.24. The molecule has 0 saturated carbocycles. The molecule has 0 amide bonds. The first-order chi connectivity index (χ1) is 12.0. The minimum atomic E-state index is -3.34. The Bertz CT molecular complexity index is 954. The topological polar surface area (TPSA) is 79.8 Å².